The van der Waals surface area contributed by atoms with Gasteiger partial charge in [-0.3, -0.25) is 4.57 Å². The van der Waals surface area contributed by atoms with E-state index in [0.717, 1.165) is 44.3 Å². The average molecular weight is 690 g/mol. The van der Waals surface area contributed by atoms with Crippen LogP contribution in [0.3, 0.4) is 0 Å². The number of nitrogens with zero attached hydrogens (tertiary/aromatic N) is 3. The van der Waals surface area contributed by atoms with Crippen molar-refractivity contribution < 1.29 is 0 Å². The molecule has 11 rings (SSSR count). The number of rotatable bonds is 4. The van der Waals surface area contributed by atoms with Crippen molar-refractivity contribution in [1.29, 1.82) is 0 Å². The second kappa shape index (κ2) is 11.6. The van der Waals surface area contributed by atoms with Gasteiger partial charge in [0.1, 0.15) is 0 Å². The molecule has 1 aliphatic rings. The molecule has 0 spiro atoms. The molecule has 0 unspecified atom stereocenters. The van der Waals surface area contributed by atoms with Crippen LogP contribution in [0.2, 0.25) is 0 Å². The largest absolute Gasteiger partial charge is 0.278 e. The van der Waals surface area contributed by atoms with Crippen LogP contribution in [-0.2, 0) is 5.41 Å². The van der Waals surface area contributed by atoms with Gasteiger partial charge in [-0.2, -0.15) is 0 Å². The molecule has 0 saturated heterocycles. The minimum Gasteiger partial charge on any atom is -0.278 e. The quantitative estimate of drug-likeness (QED) is 0.184. The van der Waals surface area contributed by atoms with Crippen LogP contribution in [0, 0.1) is 0 Å². The zero-order valence-electron chi connectivity index (χ0n) is 30.1. The summed E-state index contributed by atoms with van der Waals surface area (Å²) in [5, 5.41) is 5.81. The molecule has 3 heteroatoms. The summed E-state index contributed by atoms with van der Waals surface area (Å²) >= 11 is 0. The third kappa shape index (κ3) is 4.55. The van der Waals surface area contributed by atoms with E-state index in [2.05, 4.69) is 194 Å². The van der Waals surface area contributed by atoms with Gasteiger partial charge >= 0.3 is 0 Å². The van der Waals surface area contributed by atoms with E-state index in [-0.39, 0.29) is 5.41 Å². The number of benzene rings is 8. The van der Waals surface area contributed by atoms with Gasteiger partial charge in [0.15, 0.2) is 0 Å². The number of aromatic nitrogens is 3. The van der Waals surface area contributed by atoms with Crippen molar-refractivity contribution in [3.05, 3.63) is 187 Å². The second-order valence-corrected chi connectivity index (χ2v) is 15.0. The van der Waals surface area contributed by atoms with Gasteiger partial charge in [0.2, 0.25) is 5.95 Å². The van der Waals surface area contributed by atoms with Gasteiger partial charge < -0.3 is 0 Å². The second-order valence-electron chi connectivity index (χ2n) is 15.0. The maximum atomic E-state index is 5.49. The fourth-order valence-electron chi connectivity index (χ4n) is 8.92. The minimum absolute atomic E-state index is 0.105. The van der Waals surface area contributed by atoms with Crippen molar-refractivity contribution in [2.45, 2.75) is 19.3 Å². The van der Waals surface area contributed by atoms with E-state index in [1.165, 1.54) is 54.9 Å². The third-order valence-corrected chi connectivity index (χ3v) is 11.6. The van der Waals surface area contributed by atoms with Crippen LogP contribution in [0.1, 0.15) is 25.0 Å². The Labute approximate surface area is 313 Å². The Hall–Kier alpha value is -6.84. The lowest BCUT2D eigenvalue weighted by molar-refractivity contribution is 0.660. The zero-order valence-corrected chi connectivity index (χ0v) is 30.1. The summed E-state index contributed by atoms with van der Waals surface area (Å²) in [6.45, 7) is 4.70. The van der Waals surface area contributed by atoms with Crippen LogP contribution < -0.4 is 0 Å². The van der Waals surface area contributed by atoms with Crippen LogP contribution in [0.25, 0.3) is 94.1 Å². The Bertz CT molecular complexity index is 3120. The highest BCUT2D eigenvalue weighted by Gasteiger charge is 2.35. The molecule has 1 aliphatic carbocycles. The standard InChI is InChI=1S/C51H35N3/c1-51(2)44-23-13-11-21-37(44)38-26-25-36(28-45(38)51)40-30-43-46(31-41(40)32-15-5-3-6-16-32)52-50(53-49(43)33-17-7-4-8-18-33)54-47-24-14-12-22-39(47)42-27-34-19-9-10-20-35(34)29-48(42)54/h3-31H,1-2H3. The van der Waals surface area contributed by atoms with Crippen molar-refractivity contribution in [3.8, 4) is 50.6 Å². The highest BCUT2D eigenvalue weighted by molar-refractivity contribution is 6.13. The predicted octanol–water partition coefficient (Wildman–Crippen LogP) is 13.2. The smallest absolute Gasteiger partial charge is 0.235 e. The maximum Gasteiger partial charge on any atom is 0.235 e. The molecule has 254 valence electrons. The van der Waals surface area contributed by atoms with Gasteiger partial charge in [-0.05, 0) is 91.7 Å². The Balaban J connectivity index is 1.21. The monoisotopic (exact) mass is 689 g/mol. The van der Waals surface area contributed by atoms with E-state index in [1.807, 2.05) is 0 Å². The molecule has 2 heterocycles. The average Bonchev–Trinajstić information content (AvgIpc) is 3.67. The fourth-order valence-corrected chi connectivity index (χ4v) is 8.92. The summed E-state index contributed by atoms with van der Waals surface area (Å²) in [6.07, 6.45) is 0. The highest BCUT2D eigenvalue weighted by Crippen LogP contribution is 2.50. The van der Waals surface area contributed by atoms with Crippen molar-refractivity contribution in [2.24, 2.45) is 0 Å². The van der Waals surface area contributed by atoms with Crippen LogP contribution in [0.4, 0.5) is 0 Å². The van der Waals surface area contributed by atoms with Gasteiger partial charge in [-0.25, -0.2) is 9.97 Å². The highest BCUT2D eigenvalue weighted by atomic mass is 15.2. The first-order valence-electron chi connectivity index (χ1n) is 18.7. The molecule has 2 aromatic heterocycles. The molecule has 0 radical (unpaired) electrons. The van der Waals surface area contributed by atoms with Crippen molar-refractivity contribution >= 4 is 43.5 Å². The number of hydrogen-bond donors (Lipinski definition) is 0. The summed E-state index contributed by atoms with van der Waals surface area (Å²) < 4.78 is 2.25. The number of hydrogen-bond acceptors (Lipinski definition) is 2. The molecule has 0 bridgehead atoms. The zero-order chi connectivity index (χ0) is 36.0. The van der Waals surface area contributed by atoms with Crippen molar-refractivity contribution in [1.82, 2.24) is 14.5 Å². The SMILES string of the molecule is CC1(C)c2ccccc2-c2ccc(-c3cc4c(-c5ccccc5)nc(-n5c6ccccc6c6cc7ccccc7cc65)nc4cc3-c3ccccc3)cc21. The molecule has 0 aliphatic heterocycles. The molecule has 0 saturated carbocycles. The summed E-state index contributed by atoms with van der Waals surface area (Å²) in [4.78, 5) is 11.0. The Morgan fingerprint density at radius 1 is 0.407 bits per heavy atom. The molecule has 0 N–H and O–H groups in total. The van der Waals surface area contributed by atoms with Crippen LogP contribution in [-0.4, -0.2) is 14.5 Å². The predicted molar refractivity (Wildman–Crippen MR) is 225 cm³/mol. The van der Waals surface area contributed by atoms with Gasteiger partial charge in [0, 0.05) is 27.1 Å². The summed E-state index contributed by atoms with van der Waals surface area (Å²) in [6, 6.07) is 63.6. The van der Waals surface area contributed by atoms with E-state index in [9.17, 15) is 0 Å². The molecule has 0 amide bonds. The first kappa shape index (κ1) is 30.8. The molecule has 3 nitrogen and oxygen atoms in total. The first-order chi connectivity index (χ1) is 26.5. The van der Waals surface area contributed by atoms with Gasteiger partial charge in [0.25, 0.3) is 0 Å². The minimum atomic E-state index is -0.105. The van der Waals surface area contributed by atoms with Crippen molar-refractivity contribution in [3.63, 3.8) is 0 Å². The molecule has 10 aromatic rings. The molecular weight excluding hydrogens is 655 g/mol. The van der Waals surface area contributed by atoms with Crippen LogP contribution in [0.15, 0.2) is 176 Å². The normalized spacial score (nSPS) is 13.1. The lowest BCUT2D eigenvalue weighted by Crippen LogP contribution is -2.14. The molecule has 54 heavy (non-hydrogen) atoms. The molecule has 0 atom stereocenters. The molecule has 0 fully saturated rings. The van der Waals surface area contributed by atoms with Crippen LogP contribution in [0.5, 0.6) is 0 Å². The van der Waals surface area contributed by atoms with E-state index < -0.39 is 0 Å². The van der Waals surface area contributed by atoms with Gasteiger partial charge in [-0.15, -0.1) is 0 Å². The van der Waals surface area contributed by atoms with Crippen molar-refractivity contribution in [2.75, 3.05) is 0 Å². The number of para-hydroxylation sites is 1. The van der Waals surface area contributed by atoms with Crippen LogP contribution >= 0.6 is 0 Å². The lowest BCUT2D eigenvalue weighted by atomic mass is 9.81. The summed E-state index contributed by atoms with van der Waals surface area (Å²) in [5.41, 5.74) is 15.0. The first-order valence-corrected chi connectivity index (χ1v) is 18.7. The van der Waals surface area contributed by atoms with E-state index in [0.29, 0.717) is 5.95 Å². The van der Waals surface area contributed by atoms with Gasteiger partial charge in [0.05, 0.1) is 22.2 Å². The maximum absolute atomic E-state index is 5.49. The summed E-state index contributed by atoms with van der Waals surface area (Å²) in [7, 11) is 0. The topological polar surface area (TPSA) is 30.7 Å². The molecular formula is C51H35N3. The van der Waals surface area contributed by atoms with E-state index >= 15 is 0 Å². The Morgan fingerprint density at radius 2 is 1.06 bits per heavy atom. The lowest BCUT2D eigenvalue weighted by Gasteiger charge is -2.22. The summed E-state index contributed by atoms with van der Waals surface area (Å²) in [5.74, 6) is 0.659. The van der Waals surface area contributed by atoms with E-state index in [1.54, 1.807) is 0 Å². The third-order valence-electron chi connectivity index (χ3n) is 11.6. The fraction of sp³-hybridized carbons (Fsp3) is 0.0588. The van der Waals surface area contributed by atoms with E-state index in [4.69, 9.17) is 9.97 Å². The molecule has 8 aromatic carbocycles. The Morgan fingerprint density at radius 3 is 1.87 bits per heavy atom. The Kier molecular flexibility index (Phi) is 6.60. The van der Waals surface area contributed by atoms with Gasteiger partial charge in [-0.1, -0.05) is 153 Å². The number of fused-ring (bicyclic) bond motifs is 8.